The van der Waals surface area contributed by atoms with Crippen molar-refractivity contribution in [3.8, 4) is 0 Å². The van der Waals surface area contributed by atoms with Gasteiger partial charge in [0.25, 0.3) is 5.91 Å². The molecule has 0 spiro atoms. The Morgan fingerprint density at radius 1 is 1.12 bits per heavy atom. The number of hydrogen-bond acceptors (Lipinski definition) is 5. The van der Waals surface area contributed by atoms with Crippen LogP contribution in [-0.4, -0.2) is 21.7 Å². The average molecular weight is 349 g/mol. The second-order valence-electron chi connectivity index (χ2n) is 5.92. The van der Waals surface area contributed by atoms with Gasteiger partial charge >= 0.3 is 0 Å². The van der Waals surface area contributed by atoms with Crippen molar-refractivity contribution in [3.63, 3.8) is 0 Å². The largest absolute Gasteiger partial charge is 0.294 e. The van der Waals surface area contributed by atoms with Gasteiger partial charge in [-0.3, -0.25) is 14.9 Å². The molecule has 1 aliphatic rings. The molecule has 6 heteroatoms. The van der Waals surface area contributed by atoms with E-state index in [1.807, 2.05) is 23.6 Å². The maximum absolute atomic E-state index is 12.4. The number of Topliss-reactive ketones (excluding diaryl/α,β-unsaturated/α-hetero) is 1. The van der Waals surface area contributed by atoms with E-state index in [0.717, 1.165) is 0 Å². The lowest BCUT2D eigenvalue weighted by atomic mass is 9.86. The first kappa shape index (κ1) is 15.7. The fourth-order valence-electron chi connectivity index (χ4n) is 2.99. The summed E-state index contributed by atoms with van der Waals surface area (Å²) in [5.74, 6) is 0.165. The molecule has 1 atom stereocenters. The van der Waals surface area contributed by atoms with E-state index in [0.29, 0.717) is 29.7 Å². The van der Waals surface area contributed by atoms with E-state index in [-0.39, 0.29) is 23.6 Å². The molecule has 4 rings (SSSR count). The maximum atomic E-state index is 12.4. The van der Waals surface area contributed by atoms with Gasteiger partial charge in [0.05, 0.1) is 11.3 Å². The Bertz CT molecular complexity index is 923. The number of nitrogens with one attached hydrogen (secondary N) is 1. The zero-order chi connectivity index (χ0) is 17.2. The van der Waals surface area contributed by atoms with Crippen molar-refractivity contribution in [1.29, 1.82) is 0 Å². The number of anilines is 1. The first-order valence-corrected chi connectivity index (χ1v) is 8.87. The first-order chi connectivity index (χ1) is 12.2. The number of rotatable bonds is 3. The summed E-state index contributed by atoms with van der Waals surface area (Å²) < 4.78 is 0. The number of thiophene rings is 1. The molecule has 0 bridgehead atoms. The van der Waals surface area contributed by atoms with Crippen molar-refractivity contribution in [3.05, 3.63) is 75.7 Å². The Morgan fingerprint density at radius 2 is 1.96 bits per heavy atom. The molecule has 124 valence electrons. The normalized spacial score (nSPS) is 16.3. The number of hydrogen-bond donors (Lipinski definition) is 1. The van der Waals surface area contributed by atoms with E-state index in [1.165, 1.54) is 11.1 Å². The van der Waals surface area contributed by atoms with Gasteiger partial charge in [0.1, 0.15) is 0 Å². The molecular formula is C19H15N3O2S. The average Bonchev–Trinajstić information content (AvgIpc) is 3.17. The molecule has 1 aliphatic carbocycles. The van der Waals surface area contributed by atoms with Gasteiger partial charge < -0.3 is 0 Å². The first-order valence-electron chi connectivity index (χ1n) is 7.99. The van der Waals surface area contributed by atoms with Crippen molar-refractivity contribution in [2.24, 2.45) is 0 Å². The third-order valence-corrected chi connectivity index (χ3v) is 5.28. The third kappa shape index (κ3) is 3.21. The standard InChI is InChI=1S/C19H15N3O2S/c23-16-10-13(17-7-4-8-25-17)9-15-14(16)11-20-19(21-15)22-18(24)12-5-2-1-3-6-12/h1-8,11,13H,9-10H2,(H,20,21,22,24). The van der Waals surface area contributed by atoms with E-state index < -0.39 is 0 Å². The van der Waals surface area contributed by atoms with Crippen LogP contribution in [0.2, 0.25) is 0 Å². The molecular weight excluding hydrogens is 334 g/mol. The van der Waals surface area contributed by atoms with Gasteiger partial charge in [0.2, 0.25) is 5.95 Å². The van der Waals surface area contributed by atoms with Gasteiger partial charge in [-0.1, -0.05) is 24.3 Å². The van der Waals surface area contributed by atoms with Crippen LogP contribution in [0.5, 0.6) is 0 Å². The van der Waals surface area contributed by atoms with Crippen molar-refractivity contribution < 1.29 is 9.59 Å². The summed E-state index contributed by atoms with van der Waals surface area (Å²) in [4.78, 5) is 34.4. The molecule has 1 amide bonds. The number of amides is 1. The van der Waals surface area contributed by atoms with Gasteiger partial charge in [-0.2, -0.15) is 0 Å². The highest BCUT2D eigenvalue weighted by Gasteiger charge is 2.28. The van der Waals surface area contributed by atoms with Crippen LogP contribution < -0.4 is 5.32 Å². The number of ketones is 1. The SMILES string of the molecule is O=C(Nc1ncc2c(n1)CC(c1cccs1)CC2=O)c1ccccc1. The molecule has 0 saturated carbocycles. The molecule has 0 radical (unpaired) electrons. The van der Waals surface area contributed by atoms with E-state index >= 15 is 0 Å². The Balaban J connectivity index is 1.58. The summed E-state index contributed by atoms with van der Waals surface area (Å²) in [6.07, 6.45) is 2.68. The maximum Gasteiger partial charge on any atom is 0.258 e. The smallest absolute Gasteiger partial charge is 0.258 e. The molecule has 1 aromatic carbocycles. The Morgan fingerprint density at radius 3 is 2.72 bits per heavy atom. The predicted molar refractivity (Wildman–Crippen MR) is 96.1 cm³/mol. The Kier molecular flexibility index (Phi) is 4.11. The summed E-state index contributed by atoms with van der Waals surface area (Å²) in [7, 11) is 0. The Labute approximate surface area is 148 Å². The number of carbonyl (C=O) groups is 2. The van der Waals surface area contributed by atoms with Crippen LogP contribution in [0, 0.1) is 0 Å². The number of carbonyl (C=O) groups excluding carboxylic acids is 2. The molecule has 0 aliphatic heterocycles. The fraction of sp³-hybridized carbons (Fsp3) is 0.158. The van der Waals surface area contributed by atoms with Gasteiger partial charge in [-0.05, 0) is 30.0 Å². The highest BCUT2D eigenvalue weighted by atomic mass is 32.1. The van der Waals surface area contributed by atoms with E-state index in [4.69, 9.17) is 0 Å². The molecule has 3 aromatic rings. The third-order valence-electron chi connectivity index (χ3n) is 4.25. The predicted octanol–water partition coefficient (Wildman–Crippen LogP) is 3.70. The minimum Gasteiger partial charge on any atom is -0.294 e. The van der Waals surface area contributed by atoms with Crippen molar-refractivity contribution in [1.82, 2.24) is 9.97 Å². The number of aromatic nitrogens is 2. The van der Waals surface area contributed by atoms with Crippen LogP contribution >= 0.6 is 11.3 Å². The summed E-state index contributed by atoms with van der Waals surface area (Å²) in [6.45, 7) is 0. The van der Waals surface area contributed by atoms with E-state index in [2.05, 4.69) is 15.3 Å². The molecule has 25 heavy (non-hydrogen) atoms. The fourth-order valence-corrected chi connectivity index (χ4v) is 3.82. The molecule has 1 unspecified atom stereocenters. The quantitative estimate of drug-likeness (QED) is 0.782. The van der Waals surface area contributed by atoms with Crippen LogP contribution in [0.1, 0.15) is 43.6 Å². The van der Waals surface area contributed by atoms with Crippen LogP contribution in [0.3, 0.4) is 0 Å². The lowest BCUT2D eigenvalue weighted by Gasteiger charge is -2.22. The molecule has 0 saturated heterocycles. The summed E-state index contributed by atoms with van der Waals surface area (Å²) in [6, 6.07) is 12.9. The lowest BCUT2D eigenvalue weighted by Crippen LogP contribution is -2.22. The summed E-state index contributed by atoms with van der Waals surface area (Å²) in [5.41, 5.74) is 1.80. The van der Waals surface area contributed by atoms with E-state index in [1.54, 1.807) is 35.6 Å². The van der Waals surface area contributed by atoms with E-state index in [9.17, 15) is 9.59 Å². The molecule has 2 heterocycles. The molecule has 1 N–H and O–H groups in total. The van der Waals surface area contributed by atoms with Gasteiger partial charge in [0.15, 0.2) is 5.78 Å². The zero-order valence-electron chi connectivity index (χ0n) is 13.3. The van der Waals surface area contributed by atoms with Crippen molar-refractivity contribution in [2.45, 2.75) is 18.8 Å². The number of fused-ring (bicyclic) bond motifs is 1. The number of nitrogens with zero attached hydrogens (tertiary/aromatic N) is 2. The zero-order valence-corrected chi connectivity index (χ0v) is 14.1. The monoisotopic (exact) mass is 349 g/mol. The van der Waals surface area contributed by atoms with Crippen molar-refractivity contribution in [2.75, 3.05) is 5.32 Å². The highest BCUT2D eigenvalue weighted by Crippen LogP contribution is 2.34. The number of benzene rings is 1. The van der Waals surface area contributed by atoms with Crippen LogP contribution in [0.15, 0.2) is 54.0 Å². The van der Waals surface area contributed by atoms with Crippen LogP contribution in [-0.2, 0) is 6.42 Å². The molecule has 5 nitrogen and oxygen atoms in total. The second-order valence-corrected chi connectivity index (χ2v) is 6.90. The van der Waals surface area contributed by atoms with Crippen molar-refractivity contribution >= 4 is 29.0 Å². The summed E-state index contributed by atoms with van der Waals surface area (Å²) >= 11 is 1.65. The van der Waals surface area contributed by atoms with Gasteiger partial charge in [-0.25, -0.2) is 9.97 Å². The lowest BCUT2D eigenvalue weighted by molar-refractivity contribution is 0.0963. The minimum atomic E-state index is -0.266. The second kappa shape index (κ2) is 6.57. The van der Waals surface area contributed by atoms with Gasteiger partial charge in [-0.15, -0.1) is 11.3 Å². The molecule has 2 aromatic heterocycles. The molecule has 0 fully saturated rings. The topological polar surface area (TPSA) is 72.0 Å². The highest BCUT2D eigenvalue weighted by molar-refractivity contribution is 7.10. The Hall–Kier alpha value is -2.86. The summed E-state index contributed by atoms with van der Waals surface area (Å²) in [5, 5.41) is 4.72. The van der Waals surface area contributed by atoms with Crippen LogP contribution in [0.4, 0.5) is 5.95 Å². The van der Waals surface area contributed by atoms with Crippen LogP contribution in [0.25, 0.3) is 0 Å². The van der Waals surface area contributed by atoms with Gasteiger partial charge in [0, 0.05) is 29.0 Å². The minimum absolute atomic E-state index is 0.0561.